The third-order valence-corrected chi connectivity index (χ3v) is 4.13. The van der Waals surface area contributed by atoms with Crippen LogP contribution in [0.1, 0.15) is 31.7 Å². The molecule has 160 valence electrons. The van der Waals surface area contributed by atoms with Gasteiger partial charge in [0, 0.05) is 25.7 Å². The van der Waals surface area contributed by atoms with Gasteiger partial charge < -0.3 is 9.47 Å². The Bertz CT molecular complexity index is 640. The van der Waals surface area contributed by atoms with Crippen LogP contribution >= 0.6 is 0 Å². The summed E-state index contributed by atoms with van der Waals surface area (Å²) in [6.45, 7) is 16.0. The predicted octanol–water partition coefficient (Wildman–Crippen LogP) is 3.59. The summed E-state index contributed by atoms with van der Waals surface area (Å²) in [5.41, 5.74) is 1.08. The van der Waals surface area contributed by atoms with Crippen molar-refractivity contribution < 1.29 is 49.4 Å². The van der Waals surface area contributed by atoms with Crippen LogP contribution in [0.3, 0.4) is 0 Å². The maximum Gasteiger partial charge on any atom is 2.00 e. The van der Waals surface area contributed by atoms with Gasteiger partial charge >= 0.3 is 55.6 Å². The topological polar surface area (TPSA) is 92.4 Å². The van der Waals surface area contributed by atoms with Gasteiger partial charge in [0.2, 0.25) is 0 Å². The molecule has 1 aliphatic carbocycles. The van der Waals surface area contributed by atoms with Crippen LogP contribution in [0.2, 0.25) is 0 Å². The second-order valence-electron chi connectivity index (χ2n) is 6.18. The van der Waals surface area contributed by atoms with Gasteiger partial charge in [-0.15, -0.1) is 0 Å². The average Bonchev–Trinajstić information content (AvgIpc) is 3.44. The smallest absolute Gasteiger partial charge is 0.462 e. The zero-order valence-electron chi connectivity index (χ0n) is 17.4. The van der Waals surface area contributed by atoms with E-state index >= 15 is 0 Å². The Morgan fingerprint density at radius 1 is 1.10 bits per heavy atom. The molecule has 0 spiro atoms. The van der Waals surface area contributed by atoms with Crippen molar-refractivity contribution in [3.05, 3.63) is 101 Å². The Labute approximate surface area is 200 Å². The molecular formula is C24H24O6W+2. The van der Waals surface area contributed by atoms with E-state index in [1.165, 1.54) is 6.92 Å². The summed E-state index contributed by atoms with van der Waals surface area (Å²) in [7, 11) is 0. The molecule has 8 radical (unpaired) electrons. The van der Waals surface area contributed by atoms with Gasteiger partial charge in [-0.3, -0.25) is 9.59 Å². The second kappa shape index (κ2) is 19.0. The van der Waals surface area contributed by atoms with Crippen molar-refractivity contribution in [2.75, 3.05) is 0 Å². The monoisotopic (exact) mass is 592 g/mol. The number of ether oxygens (including phenoxy) is 2. The fourth-order valence-corrected chi connectivity index (χ4v) is 2.74. The van der Waals surface area contributed by atoms with E-state index in [9.17, 15) is 9.59 Å². The van der Waals surface area contributed by atoms with Crippen LogP contribution in [0, 0.1) is 64.7 Å². The Balaban J connectivity index is 0. The second-order valence-corrected chi connectivity index (χ2v) is 6.18. The Morgan fingerprint density at radius 2 is 1.58 bits per heavy atom. The molecule has 1 saturated heterocycles. The number of esters is 2. The number of rotatable bonds is 5. The first-order valence-electron chi connectivity index (χ1n) is 9.01. The molecule has 1 saturated carbocycles. The van der Waals surface area contributed by atoms with Crippen molar-refractivity contribution in [3.63, 3.8) is 0 Å². The maximum absolute atomic E-state index is 11.4. The Kier molecular flexibility index (Phi) is 19.4. The van der Waals surface area contributed by atoms with Gasteiger partial charge in [0.05, 0.1) is 5.92 Å². The molecule has 0 amide bonds. The van der Waals surface area contributed by atoms with Crippen molar-refractivity contribution in [2.24, 2.45) is 0 Å². The third-order valence-electron chi connectivity index (χ3n) is 4.13. The Morgan fingerprint density at radius 3 is 1.97 bits per heavy atom. The van der Waals surface area contributed by atoms with Crippen molar-refractivity contribution in [1.29, 1.82) is 0 Å². The minimum Gasteiger partial charge on any atom is -0.462 e. The van der Waals surface area contributed by atoms with Crippen LogP contribution in [0.4, 0.5) is 0 Å². The van der Waals surface area contributed by atoms with E-state index in [0.29, 0.717) is 12.3 Å². The fourth-order valence-electron chi connectivity index (χ4n) is 2.74. The molecule has 1 aromatic carbocycles. The average molecular weight is 592 g/mol. The molecule has 3 atom stereocenters. The standard InChI is InChI=1S/C17H19O4.C5H5.2CO.W/c1-11-9-15(21-17(11)19)10-16(20-13(3)18)12(2)14-7-5-4-6-8-14;1-2-4-5-3-1;2*1-2;/h4-9,12,15-16H,1,10H2,2-3H3;1-5H;;;/q;;;;+2/t12-,15+,16-;;;;/m1..../s1. The summed E-state index contributed by atoms with van der Waals surface area (Å²) in [5.74, 6) is -0.384. The predicted molar refractivity (Wildman–Crippen MR) is 107 cm³/mol. The van der Waals surface area contributed by atoms with Crippen molar-refractivity contribution in [1.82, 2.24) is 0 Å². The minimum atomic E-state index is -0.408. The van der Waals surface area contributed by atoms with Crippen LogP contribution in [-0.2, 0) is 49.4 Å². The van der Waals surface area contributed by atoms with Crippen LogP contribution in [0.15, 0.2) is 30.3 Å². The van der Waals surface area contributed by atoms with E-state index in [1.54, 1.807) is 6.42 Å². The van der Waals surface area contributed by atoms with Gasteiger partial charge in [0.25, 0.3) is 0 Å². The number of carbonyl (C=O) groups is 2. The zero-order chi connectivity index (χ0) is 22.9. The van der Waals surface area contributed by atoms with Crippen LogP contribution in [0.5, 0.6) is 0 Å². The first-order valence-corrected chi connectivity index (χ1v) is 9.01. The molecule has 0 unspecified atom stereocenters. The summed E-state index contributed by atoms with van der Waals surface area (Å²) in [6.07, 6.45) is 11.4. The molecule has 31 heavy (non-hydrogen) atoms. The van der Waals surface area contributed by atoms with Gasteiger partial charge in [0.15, 0.2) is 0 Å². The SMILES string of the molecule is [C-]#[O+].[C-]#[O+].[CH2][C]1[CH][C@@H](C[C@@H](OC(C)=O)[C@H](C)c2ccccc2)OC1=O.[CH]1[CH][CH][CH][CH]1.[W+2]. The number of carbonyl (C=O) groups excluding carboxylic acids is 2. The summed E-state index contributed by atoms with van der Waals surface area (Å²) < 4.78 is 25.6. The molecule has 2 fully saturated rings. The molecule has 1 heterocycles. The molecule has 0 bridgehead atoms. The summed E-state index contributed by atoms with van der Waals surface area (Å²) in [4.78, 5) is 22.7. The molecule has 1 aromatic rings. The quantitative estimate of drug-likeness (QED) is 0.297. The molecule has 3 rings (SSSR count). The molecule has 7 heteroatoms. The minimum absolute atomic E-state index is 0. The number of benzene rings is 1. The van der Waals surface area contributed by atoms with Gasteiger partial charge in [-0.2, -0.15) is 0 Å². The molecule has 0 aromatic heterocycles. The first-order chi connectivity index (χ1) is 14.5. The molecule has 0 N–H and O–H groups in total. The van der Waals surface area contributed by atoms with Crippen LogP contribution in [0.25, 0.3) is 0 Å². The van der Waals surface area contributed by atoms with Crippen LogP contribution in [-0.4, -0.2) is 24.1 Å². The first kappa shape index (κ1) is 31.5. The Hall–Kier alpha value is -1.67. The summed E-state index contributed by atoms with van der Waals surface area (Å²) in [5, 5.41) is 0. The molecule has 1 aliphatic heterocycles. The van der Waals surface area contributed by atoms with E-state index < -0.39 is 5.97 Å². The molecular weight excluding hydrogens is 568 g/mol. The normalized spacial score (nSPS) is 18.7. The van der Waals surface area contributed by atoms with Gasteiger partial charge in [-0.25, -0.2) is 0 Å². The summed E-state index contributed by atoms with van der Waals surface area (Å²) in [6, 6.07) is 9.81. The largest absolute Gasteiger partial charge is 2.00 e. The third kappa shape index (κ3) is 12.7. The number of hydrogen-bond acceptors (Lipinski definition) is 4. The van der Waals surface area contributed by atoms with E-state index in [0.717, 1.165) is 5.56 Å². The van der Waals surface area contributed by atoms with Crippen LogP contribution < -0.4 is 0 Å². The van der Waals surface area contributed by atoms with E-state index in [1.807, 2.05) is 69.4 Å². The van der Waals surface area contributed by atoms with E-state index in [2.05, 4.69) is 20.2 Å². The molecule has 6 nitrogen and oxygen atoms in total. The number of cyclic esters (lactones) is 1. The van der Waals surface area contributed by atoms with Gasteiger partial charge in [0.1, 0.15) is 12.2 Å². The van der Waals surface area contributed by atoms with Crippen molar-refractivity contribution in [3.8, 4) is 0 Å². The van der Waals surface area contributed by atoms with E-state index in [-0.39, 0.29) is 45.2 Å². The van der Waals surface area contributed by atoms with E-state index in [4.69, 9.17) is 18.8 Å². The summed E-state index contributed by atoms with van der Waals surface area (Å²) >= 11 is 0. The van der Waals surface area contributed by atoms with Gasteiger partial charge in [-0.1, -0.05) is 37.3 Å². The van der Waals surface area contributed by atoms with Crippen molar-refractivity contribution >= 4 is 11.9 Å². The zero-order valence-corrected chi connectivity index (χ0v) is 20.3. The van der Waals surface area contributed by atoms with Gasteiger partial charge in [-0.05, 0) is 44.6 Å². The fraction of sp³-hybridized carbons (Fsp3) is 0.250. The molecule has 2 aliphatic rings. The maximum atomic E-state index is 11.4. The van der Waals surface area contributed by atoms with Crippen molar-refractivity contribution in [2.45, 2.75) is 38.4 Å². The number of hydrogen-bond donors (Lipinski definition) is 0.